The molecule has 1 nitrogen and oxygen atoms in total. The van der Waals surface area contributed by atoms with Crippen molar-refractivity contribution in [2.24, 2.45) is 5.73 Å². The minimum Gasteiger partial charge on any atom is -0.320 e. The van der Waals surface area contributed by atoms with Gasteiger partial charge in [0.05, 0.1) is 10.5 Å². The molecule has 17 heavy (non-hydrogen) atoms. The summed E-state index contributed by atoms with van der Waals surface area (Å²) in [5.41, 5.74) is 6.44. The second kappa shape index (κ2) is 4.94. The standard InChI is InChI=1S/C13H10BrF2N/c14-9-6-7-10(15)11(12(9)16)13(17)8-4-2-1-3-5-8/h1-7,13H,17H2. The summed E-state index contributed by atoms with van der Waals surface area (Å²) in [7, 11) is 0. The molecular formula is C13H10BrF2N. The molecular weight excluding hydrogens is 288 g/mol. The van der Waals surface area contributed by atoms with Crippen LogP contribution >= 0.6 is 15.9 Å². The van der Waals surface area contributed by atoms with Gasteiger partial charge in [0, 0.05) is 5.56 Å². The Morgan fingerprint density at radius 1 is 1.00 bits per heavy atom. The van der Waals surface area contributed by atoms with Crippen LogP contribution in [0, 0.1) is 11.6 Å². The number of halogens is 3. The van der Waals surface area contributed by atoms with Gasteiger partial charge in [-0.05, 0) is 33.6 Å². The molecule has 2 aromatic carbocycles. The van der Waals surface area contributed by atoms with Crippen molar-refractivity contribution in [2.75, 3.05) is 0 Å². The molecule has 0 heterocycles. The molecule has 1 atom stereocenters. The van der Waals surface area contributed by atoms with Gasteiger partial charge in [0.1, 0.15) is 11.6 Å². The number of nitrogens with two attached hydrogens (primary N) is 1. The second-order valence-electron chi connectivity index (χ2n) is 3.65. The molecule has 0 aliphatic carbocycles. The van der Waals surface area contributed by atoms with Gasteiger partial charge >= 0.3 is 0 Å². The molecule has 0 aliphatic rings. The molecule has 2 N–H and O–H groups in total. The van der Waals surface area contributed by atoms with E-state index >= 15 is 0 Å². The summed E-state index contributed by atoms with van der Waals surface area (Å²) in [4.78, 5) is 0. The first-order valence-corrected chi connectivity index (χ1v) is 5.84. The summed E-state index contributed by atoms with van der Waals surface area (Å²) < 4.78 is 27.7. The molecule has 0 amide bonds. The Morgan fingerprint density at radius 3 is 2.29 bits per heavy atom. The van der Waals surface area contributed by atoms with E-state index in [1.807, 2.05) is 6.07 Å². The van der Waals surface area contributed by atoms with Gasteiger partial charge in [-0.2, -0.15) is 0 Å². The van der Waals surface area contributed by atoms with Crippen molar-refractivity contribution >= 4 is 15.9 Å². The minimum absolute atomic E-state index is 0.120. The maximum absolute atomic E-state index is 13.8. The molecule has 2 aromatic rings. The highest BCUT2D eigenvalue weighted by Gasteiger charge is 2.20. The topological polar surface area (TPSA) is 26.0 Å². The van der Waals surface area contributed by atoms with Crippen LogP contribution in [-0.2, 0) is 0 Å². The van der Waals surface area contributed by atoms with Crippen LogP contribution in [0.3, 0.4) is 0 Å². The second-order valence-corrected chi connectivity index (χ2v) is 4.50. The summed E-state index contributed by atoms with van der Waals surface area (Å²) in [5.74, 6) is -1.29. The summed E-state index contributed by atoms with van der Waals surface area (Å²) in [6, 6.07) is 10.6. The Hall–Kier alpha value is -1.26. The van der Waals surface area contributed by atoms with Crippen LogP contribution in [0.5, 0.6) is 0 Å². The van der Waals surface area contributed by atoms with Crippen LogP contribution in [0.15, 0.2) is 46.9 Å². The molecule has 0 radical (unpaired) electrons. The van der Waals surface area contributed by atoms with Gasteiger partial charge in [0.15, 0.2) is 0 Å². The molecule has 2 rings (SSSR count). The Kier molecular flexibility index (Phi) is 3.54. The quantitative estimate of drug-likeness (QED) is 0.839. The van der Waals surface area contributed by atoms with Crippen LogP contribution in [-0.4, -0.2) is 0 Å². The first-order valence-electron chi connectivity index (χ1n) is 5.05. The highest BCUT2D eigenvalue weighted by atomic mass is 79.9. The van der Waals surface area contributed by atoms with Crippen LogP contribution < -0.4 is 5.73 Å². The first kappa shape index (κ1) is 12.2. The van der Waals surface area contributed by atoms with Gasteiger partial charge in [0.2, 0.25) is 0 Å². The molecule has 1 unspecified atom stereocenters. The number of benzene rings is 2. The van der Waals surface area contributed by atoms with E-state index in [2.05, 4.69) is 15.9 Å². The Labute approximate surface area is 106 Å². The predicted molar refractivity (Wildman–Crippen MR) is 66.5 cm³/mol. The lowest BCUT2D eigenvalue weighted by Gasteiger charge is -2.15. The highest BCUT2D eigenvalue weighted by Crippen LogP contribution is 2.29. The molecule has 0 spiro atoms. The van der Waals surface area contributed by atoms with Crippen molar-refractivity contribution in [3.63, 3.8) is 0 Å². The fraction of sp³-hybridized carbons (Fsp3) is 0.0769. The molecule has 0 fully saturated rings. The van der Waals surface area contributed by atoms with Gasteiger partial charge in [-0.3, -0.25) is 0 Å². The SMILES string of the molecule is NC(c1ccccc1)c1c(F)ccc(Br)c1F. The molecule has 0 aromatic heterocycles. The van der Waals surface area contributed by atoms with E-state index in [1.54, 1.807) is 24.3 Å². The summed E-state index contributed by atoms with van der Waals surface area (Å²) >= 11 is 3.02. The van der Waals surface area contributed by atoms with Gasteiger partial charge in [-0.1, -0.05) is 30.3 Å². The maximum atomic E-state index is 13.8. The van der Waals surface area contributed by atoms with Crippen molar-refractivity contribution in [3.8, 4) is 0 Å². The first-order chi connectivity index (χ1) is 8.11. The average Bonchev–Trinajstić information content (AvgIpc) is 2.35. The van der Waals surface area contributed by atoms with Crippen molar-refractivity contribution < 1.29 is 8.78 Å². The third-order valence-corrected chi connectivity index (χ3v) is 3.16. The van der Waals surface area contributed by atoms with Crippen LogP contribution in [0.4, 0.5) is 8.78 Å². The van der Waals surface area contributed by atoms with Crippen molar-refractivity contribution in [1.82, 2.24) is 0 Å². The normalized spacial score (nSPS) is 12.5. The molecule has 0 saturated carbocycles. The summed E-state index contributed by atoms with van der Waals surface area (Å²) in [5, 5.41) is 0. The zero-order chi connectivity index (χ0) is 12.4. The van der Waals surface area contributed by atoms with Gasteiger partial charge in [-0.15, -0.1) is 0 Å². The average molecular weight is 298 g/mol. The number of hydrogen-bond donors (Lipinski definition) is 1. The highest BCUT2D eigenvalue weighted by molar-refractivity contribution is 9.10. The molecule has 0 aliphatic heterocycles. The van der Waals surface area contributed by atoms with Gasteiger partial charge in [-0.25, -0.2) is 8.78 Å². The predicted octanol–water partition coefficient (Wildman–Crippen LogP) is 3.78. The largest absolute Gasteiger partial charge is 0.320 e. The zero-order valence-corrected chi connectivity index (χ0v) is 10.4. The van der Waals surface area contributed by atoms with Crippen LogP contribution in [0.25, 0.3) is 0 Å². The van der Waals surface area contributed by atoms with E-state index in [-0.39, 0.29) is 10.0 Å². The molecule has 0 saturated heterocycles. The van der Waals surface area contributed by atoms with Crippen molar-refractivity contribution in [1.29, 1.82) is 0 Å². The van der Waals surface area contributed by atoms with E-state index in [1.165, 1.54) is 12.1 Å². The fourth-order valence-corrected chi connectivity index (χ4v) is 2.00. The van der Waals surface area contributed by atoms with E-state index in [9.17, 15) is 8.78 Å². The number of rotatable bonds is 2. The lowest BCUT2D eigenvalue weighted by atomic mass is 9.99. The Balaban J connectivity index is 2.51. The van der Waals surface area contributed by atoms with E-state index in [0.29, 0.717) is 5.56 Å². The Bertz CT molecular complexity index is 528. The van der Waals surface area contributed by atoms with Crippen LogP contribution in [0.2, 0.25) is 0 Å². The van der Waals surface area contributed by atoms with Crippen molar-refractivity contribution in [2.45, 2.75) is 6.04 Å². The third-order valence-electron chi connectivity index (χ3n) is 2.55. The van der Waals surface area contributed by atoms with E-state index in [0.717, 1.165) is 0 Å². The van der Waals surface area contributed by atoms with Crippen molar-refractivity contribution in [3.05, 3.63) is 69.7 Å². The zero-order valence-electron chi connectivity index (χ0n) is 8.83. The smallest absolute Gasteiger partial charge is 0.145 e. The lowest BCUT2D eigenvalue weighted by molar-refractivity contribution is 0.539. The van der Waals surface area contributed by atoms with Crippen LogP contribution in [0.1, 0.15) is 17.2 Å². The van der Waals surface area contributed by atoms with E-state index < -0.39 is 17.7 Å². The summed E-state index contributed by atoms with van der Waals surface area (Å²) in [6.45, 7) is 0. The third kappa shape index (κ3) is 2.37. The fourth-order valence-electron chi connectivity index (χ4n) is 1.65. The molecule has 0 bridgehead atoms. The Morgan fingerprint density at radius 2 is 1.65 bits per heavy atom. The maximum Gasteiger partial charge on any atom is 0.145 e. The number of hydrogen-bond acceptors (Lipinski definition) is 1. The lowest BCUT2D eigenvalue weighted by Crippen LogP contribution is -2.15. The molecule has 88 valence electrons. The molecule has 4 heteroatoms. The monoisotopic (exact) mass is 297 g/mol. The summed E-state index contributed by atoms with van der Waals surface area (Å²) in [6.07, 6.45) is 0. The van der Waals surface area contributed by atoms with Gasteiger partial charge < -0.3 is 5.73 Å². The van der Waals surface area contributed by atoms with Gasteiger partial charge in [0.25, 0.3) is 0 Å². The van der Waals surface area contributed by atoms with E-state index in [4.69, 9.17) is 5.73 Å². The minimum atomic E-state index is -0.811.